The highest BCUT2D eigenvalue weighted by atomic mass is 32.2. The Hall–Kier alpha value is -3.33. The summed E-state index contributed by atoms with van der Waals surface area (Å²) in [5.41, 5.74) is 2.37. The van der Waals surface area contributed by atoms with Crippen LogP contribution in [0.1, 0.15) is 5.56 Å². The molecule has 0 bridgehead atoms. The summed E-state index contributed by atoms with van der Waals surface area (Å²) in [7, 11) is 1.39. The van der Waals surface area contributed by atoms with E-state index in [1.807, 2.05) is 42.0 Å². The Kier molecular flexibility index (Phi) is 5.95. The van der Waals surface area contributed by atoms with Gasteiger partial charge in [-0.05, 0) is 24.6 Å². The SMILES string of the molecule is COc1cc([N+](=O)[O-])ccc1NC(=O)CSc1nccn1-c1ccccc1C. The number of benzene rings is 2. The molecule has 0 aliphatic rings. The van der Waals surface area contributed by atoms with Crippen LogP contribution in [0.25, 0.3) is 5.69 Å². The number of nitro groups is 1. The highest BCUT2D eigenvalue weighted by Gasteiger charge is 2.15. The van der Waals surface area contributed by atoms with Gasteiger partial charge in [-0.1, -0.05) is 30.0 Å². The molecule has 2 aromatic carbocycles. The summed E-state index contributed by atoms with van der Waals surface area (Å²) in [6, 6.07) is 12.0. The molecule has 1 N–H and O–H groups in total. The lowest BCUT2D eigenvalue weighted by Gasteiger charge is -2.11. The third-order valence-electron chi connectivity index (χ3n) is 3.98. The van der Waals surface area contributed by atoms with Gasteiger partial charge in [-0.2, -0.15) is 0 Å². The number of non-ortho nitro benzene ring substituents is 1. The number of thioether (sulfide) groups is 1. The fraction of sp³-hybridized carbons (Fsp3) is 0.158. The third-order valence-corrected chi connectivity index (χ3v) is 4.95. The molecule has 144 valence electrons. The number of aryl methyl sites for hydroxylation is 1. The minimum Gasteiger partial charge on any atom is -0.494 e. The van der Waals surface area contributed by atoms with Gasteiger partial charge in [-0.25, -0.2) is 4.98 Å². The van der Waals surface area contributed by atoms with Gasteiger partial charge in [-0.3, -0.25) is 19.5 Å². The number of carbonyl (C=O) groups is 1. The highest BCUT2D eigenvalue weighted by Crippen LogP contribution is 2.29. The number of para-hydroxylation sites is 1. The van der Waals surface area contributed by atoms with Crippen LogP contribution in [0.3, 0.4) is 0 Å². The fourth-order valence-electron chi connectivity index (χ4n) is 2.63. The van der Waals surface area contributed by atoms with Crippen LogP contribution in [-0.4, -0.2) is 33.2 Å². The predicted octanol–water partition coefficient (Wildman–Crippen LogP) is 3.83. The van der Waals surface area contributed by atoms with Crippen LogP contribution in [-0.2, 0) is 4.79 Å². The van der Waals surface area contributed by atoms with Crippen molar-refractivity contribution in [3.05, 3.63) is 70.5 Å². The maximum Gasteiger partial charge on any atom is 0.273 e. The van der Waals surface area contributed by atoms with Crippen LogP contribution >= 0.6 is 11.8 Å². The number of nitro benzene ring substituents is 1. The van der Waals surface area contributed by atoms with E-state index in [0.29, 0.717) is 10.8 Å². The standard InChI is InChI=1S/C19H18N4O4S/c1-13-5-3-4-6-16(13)22-10-9-20-19(22)28-12-18(24)21-15-8-7-14(23(25)26)11-17(15)27-2/h3-11H,12H2,1-2H3,(H,21,24). The van der Waals surface area contributed by atoms with E-state index in [2.05, 4.69) is 10.3 Å². The van der Waals surface area contributed by atoms with Crippen molar-refractivity contribution < 1.29 is 14.5 Å². The molecule has 0 aliphatic carbocycles. The lowest BCUT2D eigenvalue weighted by atomic mass is 10.2. The first-order valence-corrected chi connectivity index (χ1v) is 9.32. The maximum absolute atomic E-state index is 12.4. The summed E-state index contributed by atoms with van der Waals surface area (Å²) in [5.74, 6) is 0.0914. The summed E-state index contributed by atoms with van der Waals surface area (Å²) in [4.78, 5) is 27.0. The largest absolute Gasteiger partial charge is 0.494 e. The number of hydrogen-bond donors (Lipinski definition) is 1. The molecule has 0 saturated heterocycles. The molecule has 0 aliphatic heterocycles. The quantitative estimate of drug-likeness (QED) is 0.369. The van der Waals surface area contributed by atoms with Gasteiger partial charge in [0.1, 0.15) is 5.75 Å². The van der Waals surface area contributed by atoms with E-state index in [1.54, 1.807) is 6.20 Å². The number of nitrogens with one attached hydrogen (secondary N) is 1. The van der Waals surface area contributed by atoms with Crippen molar-refractivity contribution in [1.82, 2.24) is 9.55 Å². The van der Waals surface area contributed by atoms with Gasteiger partial charge in [0.15, 0.2) is 5.16 Å². The summed E-state index contributed by atoms with van der Waals surface area (Å²) >= 11 is 1.30. The molecular formula is C19H18N4O4S. The first-order valence-electron chi connectivity index (χ1n) is 8.34. The topological polar surface area (TPSA) is 99.3 Å². The van der Waals surface area contributed by atoms with Gasteiger partial charge in [-0.15, -0.1) is 0 Å². The molecule has 9 heteroatoms. The zero-order valence-corrected chi connectivity index (χ0v) is 16.1. The molecule has 0 radical (unpaired) electrons. The van der Waals surface area contributed by atoms with E-state index in [-0.39, 0.29) is 23.1 Å². The molecular weight excluding hydrogens is 380 g/mol. The summed E-state index contributed by atoms with van der Waals surface area (Å²) in [5, 5.41) is 14.3. The maximum atomic E-state index is 12.4. The van der Waals surface area contributed by atoms with Crippen LogP contribution in [0.15, 0.2) is 60.0 Å². The lowest BCUT2D eigenvalue weighted by Crippen LogP contribution is -2.15. The van der Waals surface area contributed by atoms with Crippen molar-refractivity contribution >= 4 is 29.0 Å². The monoisotopic (exact) mass is 398 g/mol. The molecule has 1 amide bonds. The van der Waals surface area contributed by atoms with E-state index < -0.39 is 4.92 Å². The number of imidazole rings is 1. The minimum atomic E-state index is -0.518. The number of rotatable bonds is 7. The number of amides is 1. The van der Waals surface area contributed by atoms with E-state index in [4.69, 9.17) is 4.74 Å². The second-order valence-corrected chi connectivity index (χ2v) is 6.79. The van der Waals surface area contributed by atoms with Gasteiger partial charge in [0.25, 0.3) is 5.69 Å². The molecule has 0 unspecified atom stereocenters. The van der Waals surface area contributed by atoms with Crippen molar-refractivity contribution in [1.29, 1.82) is 0 Å². The average Bonchev–Trinajstić information content (AvgIpc) is 3.15. The number of hydrogen-bond acceptors (Lipinski definition) is 6. The van der Waals surface area contributed by atoms with Crippen LogP contribution < -0.4 is 10.1 Å². The molecule has 1 heterocycles. The van der Waals surface area contributed by atoms with Crippen molar-refractivity contribution in [3.8, 4) is 11.4 Å². The predicted molar refractivity (Wildman–Crippen MR) is 107 cm³/mol. The zero-order chi connectivity index (χ0) is 20.1. The number of anilines is 1. The summed E-state index contributed by atoms with van der Waals surface area (Å²) in [6.07, 6.45) is 3.54. The molecule has 28 heavy (non-hydrogen) atoms. The number of ether oxygens (including phenoxy) is 1. The summed E-state index contributed by atoms with van der Waals surface area (Å²) < 4.78 is 7.07. The number of aromatic nitrogens is 2. The Morgan fingerprint density at radius 3 is 2.82 bits per heavy atom. The smallest absolute Gasteiger partial charge is 0.273 e. The van der Waals surface area contributed by atoms with E-state index >= 15 is 0 Å². The molecule has 0 fully saturated rings. The van der Waals surface area contributed by atoms with E-state index in [9.17, 15) is 14.9 Å². The first-order chi connectivity index (χ1) is 13.5. The third kappa shape index (κ3) is 4.32. The lowest BCUT2D eigenvalue weighted by molar-refractivity contribution is -0.384. The molecule has 0 saturated carbocycles. The van der Waals surface area contributed by atoms with Crippen molar-refractivity contribution in [2.75, 3.05) is 18.2 Å². The van der Waals surface area contributed by atoms with Crippen molar-refractivity contribution in [2.24, 2.45) is 0 Å². The van der Waals surface area contributed by atoms with Crippen LogP contribution in [0.4, 0.5) is 11.4 Å². The molecule has 3 rings (SSSR count). The molecule has 0 atom stereocenters. The van der Waals surface area contributed by atoms with Gasteiger partial charge in [0.2, 0.25) is 5.91 Å². The van der Waals surface area contributed by atoms with Gasteiger partial charge < -0.3 is 10.1 Å². The second-order valence-electron chi connectivity index (χ2n) is 5.84. The average molecular weight is 398 g/mol. The Morgan fingerprint density at radius 1 is 1.32 bits per heavy atom. The molecule has 1 aromatic heterocycles. The van der Waals surface area contributed by atoms with E-state index in [0.717, 1.165) is 11.3 Å². The van der Waals surface area contributed by atoms with Gasteiger partial charge >= 0.3 is 0 Å². The molecule has 0 spiro atoms. The summed E-state index contributed by atoms with van der Waals surface area (Å²) in [6.45, 7) is 2.01. The van der Waals surface area contributed by atoms with Crippen molar-refractivity contribution in [3.63, 3.8) is 0 Å². The van der Waals surface area contributed by atoms with Crippen LogP contribution in [0.5, 0.6) is 5.75 Å². The van der Waals surface area contributed by atoms with Crippen LogP contribution in [0, 0.1) is 17.0 Å². The van der Waals surface area contributed by atoms with Crippen LogP contribution in [0.2, 0.25) is 0 Å². The van der Waals surface area contributed by atoms with Gasteiger partial charge in [0, 0.05) is 18.5 Å². The normalized spacial score (nSPS) is 10.5. The minimum absolute atomic E-state index is 0.107. The fourth-order valence-corrected chi connectivity index (χ4v) is 3.39. The Labute approximate surface area is 165 Å². The number of nitrogens with zero attached hydrogens (tertiary/aromatic N) is 3. The second kappa shape index (κ2) is 8.57. The number of methoxy groups -OCH3 is 1. The van der Waals surface area contributed by atoms with E-state index in [1.165, 1.54) is 37.1 Å². The Bertz CT molecular complexity index is 1020. The van der Waals surface area contributed by atoms with Gasteiger partial charge in [0.05, 0.1) is 35.2 Å². The first kappa shape index (κ1) is 19.4. The Balaban J connectivity index is 1.69. The molecule has 8 nitrogen and oxygen atoms in total. The zero-order valence-electron chi connectivity index (χ0n) is 15.3. The Morgan fingerprint density at radius 2 is 2.11 bits per heavy atom. The van der Waals surface area contributed by atoms with Crippen molar-refractivity contribution in [2.45, 2.75) is 12.1 Å². The highest BCUT2D eigenvalue weighted by molar-refractivity contribution is 7.99. The molecule has 3 aromatic rings. The number of carbonyl (C=O) groups excluding carboxylic acids is 1.